The van der Waals surface area contributed by atoms with Crippen molar-refractivity contribution in [3.63, 3.8) is 0 Å². The summed E-state index contributed by atoms with van der Waals surface area (Å²) >= 11 is 0. The van der Waals surface area contributed by atoms with Crippen LogP contribution in [0.5, 0.6) is 0 Å². The van der Waals surface area contributed by atoms with E-state index in [1.54, 1.807) is 11.1 Å². The van der Waals surface area contributed by atoms with E-state index in [2.05, 4.69) is 51.1 Å². The first kappa shape index (κ1) is 46.2. The van der Waals surface area contributed by atoms with Gasteiger partial charge in [0.25, 0.3) is 0 Å². The summed E-state index contributed by atoms with van der Waals surface area (Å²) in [5.74, 6) is 0. The third-order valence-corrected chi connectivity index (χ3v) is 10.5. The van der Waals surface area contributed by atoms with Crippen molar-refractivity contribution >= 4 is 12.4 Å². The van der Waals surface area contributed by atoms with Crippen LogP contribution < -0.4 is 5.73 Å². The molecule has 0 heterocycles. The summed E-state index contributed by atoms with van der Waals surface area (Å²) in [5, 5.41) is 0. The molecule has 1 atom stereocenters. The number of rotatable bonds is 35. The molecule has 47 heavy (non-hydrogen) atoms. The fraction of sp³-hybridized carbons (Fsp3) is 0.822. The molecule has 0 bridgehead atoms. The lowest BCUT2D eigenvalue weighted by Crippen LogP contribution is -2.16. The highest BCUT2D eigenvalue weighted by Gasteiger charge is 2.17. The molecule has 1 aromatic carbocycles. The van der Waals surface area contributed by atoms with Gasteiger partial charge in [-0.2, -0.15) is 0 Å². The Balaban J connectivity index is 0.0000212. The number of hydrogen-bond acceptors (Lipinski definition) is 1. The minimum Gasteiger partial charge on any atom is -0.321 e. The second kappa shape index (κ2) is 36.5. The zero-order chi connectivity index (χ0) is 33.2. The van der Waals surface area contributed by atoms with Crippen LogP contribution in [0, 0.1) is 0 Å². The average molecular weight is 675 g/mol. The van der Waals surface area contributed by atoms with Gasteiger partial charge >= 0.3 is 0 Å². The van der Waals surface area contributed by atoms with E-state index in [0.717, 1.165) is 0 Å². The summed E-state index contributed by atoms with van der Waals surface area (Å²) in [6.45, 7) is 6.94. The molecule has 1 unspecified atom stereocenters. The second-order valence-corrected chi connectivity index (χ2v) is 14.8. The van der Waals surface area contributed by atoms with Crippen LogP contribution in [0.3, 0.4) is 0 Å². The molecule has 2 N–H and O–H groups in total. The van der Waals surface area contributed by atoms with E-state index in [1.165, 1.54) is 217 Å². The highest BCUT2D eigenvalue weighted by molar-refractivity contribution is 5.85. The van der Waals surface area contributed by atoms with Gasteiger partial charge in [0.15, 0.2) is 0 Å². The first-order valence-electron chi connectivity index (χ1n) is 21.3. The third-order valence-electron chi connectivity index (χ3n) is 10.5. The Hall–Kier alpha value is -0.790. The Labute approximate surface area is 302 Å². The monoisotopic (exact) mass is 674 g/mol. The summed E-state index contributed by atoms with van der Waals surface area (Å²) < 4.78 is 0. The maximum atomic E-state index is 7.14. The van der Waals surface area contributed by atoms with Crippen molar-refractivity contribution in [3.8, 4) is 0 Å². The molecule has 1 nitrogen and oxygen atoms in total. The van der Waals surface area contributed by atoms with Gasteiger partial charge in [0, 0.05) is 0 Å². The van der Waals surface area contributed by atoms with Gasteiger partial charge in [-0.05, 0) is 49.7 Å². The number of hydrogen-bond donors (Lipinski definition) is 1. The van der Waals surface area contributed by atoms with Crippen molar-refractivity contribution in [3.05, 3.63) is 47.0 Å². The Morgan fingerprint density at radius 3 is 1.00 bits per heavy atom. The van der Waals surface area contributed by atoms with Gasteiger partial charge in [0.2, 0.25) is 0 Å². The van der Waals surface area contributed by atoms with E-state index in [-0.39, 0.29) is 18.4 Å². The van der Waals surface area contributed by atoms with Crippen LogP contribution in [0.4, 0.5) is 0 Å². The third kappa shape index (κ3) is 27.7. The van der Waals surface area contributed by atoms with E-state index in [1.807, 2.05) is 0 Å². The molecule has 0 fully saturated rings. The number of unbranched alkanes of at least 4 members (excludes halogenated alkanes) is 27. The molecule has 0 aromatic heterocycles. The maximum absolute atomic E-state index is 7.14. The molecule has 0 aliphatic heterocycles. The molecule has 276 valence electrons. The molecule has 0 saturated heterocycles. The Kier molecular flexibility index (Phi) is 35.9. The van der Waals surface area contributed by atoms with Crippen molar-refractivity contribution in [2.45, 2.75) is 239 Å². The molecule has 2 heteroatoms. The largest absolute Gasteiger partial charge is 0.321 e. The molecule has 0 aliphatic rings. The van der Waals surface area contributed by atoms with Crippen LogP contribution >= 0.6 is 12.4 Å². The van der Waals surface area contributed by atoms with E-state index in [4.69, 9.17) is 5.73 Å². The Morgan fingerprint density at radius 2 is 0.681 bits per heavy atom. The van der Waals surface area contributed by atoms with Crippen LogP contribution in [0.25, 0.3) is 0 Å². The zero-order valence-corrected chi connectivity index (χ0v) is 33.1. The van der Waals surface area contributed by atoms with Crippen LogP contribution in [0.15, 0.2) is 41.5 Å². The van der Waals surface area contributed by atoms with Crippen LogP contribution in [-0.2, 0) is 0 Å². The molecule has 0 saturated carbocycles. The summed E-state index contributed by atoms with van der Waals surface area (Å²) in [5.41, 5.74) is 11.8. The van der Waals surface area contributed by atoms with Crippen LogP contribution in [-0.4, -0.2) is 0 Å². The van der Waals surface area contributed by atoms with Crippen molar-refractivity contribution in [2.75, 3.05) is 0 Å². The first-order valence-corrected chi connectivity index (χ1v) is 21.3. The van der Waals surface area contributed by atoms with E-state index in [0.29, 0.717) is 0 Å². The molecule has 1 aromatic rings. The second-order valence-electron chi connectivity index (χ2n) is 14.8. The van der Waals surface area contributed by atoms with E-state index < -0.39 is 0 Å². The SMILES string of the molecule is CCCCCCCCCCCCC(CCCCCCCCCCCC)=C(CCCCCCCCCCCC)C(N)c1ccccc1.Cl. The number of nitrogens with two attached hydrogens (primary N) is 1. The van der Waals surface area contributed by atoms with Gasteiger partial charge in [-0.1, -0.05) is 230 Å². The quantitative estimate of drug-likeness (QED) is 0.0563. The van der Waals surface area contributed by atoms with Gasteiger partial charge in [0.1, 0.15) is 0 Å². The summed E-state index contributed by atoms with van der Waals surface area (Å²) in [6.07, 6.45) is 46.0. The molecule has 1 rings (SSSR count). The minimum atomic E-state index is 0. The summed E-state index contributed by atoms with van der Waals surface area (Å²) in [4.78, 5) is 0. The van der Waals surface area contributed by atoms with Crippen molar-refractivity contribution in [1.29, 1.82) is 0 Å². The fourth-order valence-corrected chi connectivity index (χ4v) is 7.31. The molecule has 0 radical (unpaired) electrons. The maximum Gasteiger partial charge on any atom is 0.0513 e. The zero-order valence-electron chi connectivity index (χ0n) is 32.3. The highest BCUT2D eigenvalue weighted by Crippen LogP contribution is 2.32. The standard InChI is InChI=1S/C45H83N.ClH/c1-4-7-10-13-16-19-22-25-28-32-37-42(38-33-29-26-23-20-17-14-11-8-5-2)44(45(46)43-39-34-31-35-40-43)41-36-30-27-24-21-18-15-12-9-6-3;/h31,34-35,39-40,45H,4-30,32-33,36-38,41,46H2,1-3H3;1H. The van der Waals surface area contributed by atoms with Gasteiger partial charge in [-0.15, -0.1) is 12.4 Å². The van der Waals surface area contributed by atoms with Crippen LogP contribution in [0.1, 0.15) is 244 Å². The summed E-state index contributed by atoms with van der Waals surface area (Å²) in [6, 6.07) is 11.1. The number of allylic oxidation sites excluding steroid dienone is 1. The van der Waals surface area contributed by atoms with Crippen molar-refractivity contribution in [1.82, 2.24) is 0 Å². The van der Waals surface area contributed by atoms with E-state index >= 15 is 0 Å². The van der Waals surface area contributed by atoms with Gasteiger partial charge in [-0.3, -0.25) is 0 Å². The predicted molar refractivity (Wildman–Crippen MR) is 217 cm³/mol. The topological polar surface area (TPSA) is 26.0 Å². The highest BCUT2D eigenvalue weighted by atomic mass is 35.5. The average Bonchev–Trinajstić information content (AvgIpc) is 3.08. The van der Waals surface area contributed by atoms with Crippen molar-refractivity contribution < 1.29 is 0 Å². The lowest BCUT2D eigenvalue weighted by molar-refractivity contribution is 0.538. The summed E-state index contributed by atoms with van der Waals surface area (Å²) in [7, 11) is 0. The smallest absolute Gasteiger partial charge is 0.0513 e. The first-order chi connectivity index (χ1) is 22.7. The fourth-order valence-electron chi connectivity index (χ4n) is 7.31. The Bertz CT molecular complexity index is 745. The number of benzene rings is 1. The lowest BCUT2D eigenvalue weighted by Gasteiger charge is -2.23. The van der Waals surface area contributed by atoms with E-state index in [9.17, 15) is 0 Å². The number of halogens is 1. The van der Waals surface area contributed by atoms with Crippen molar-refractivity contribution in [2.24, 2.45) is 5.73 Å². The normalized spacial score (nSPS) is 11.8. The lowest BCUT2D eigenvalue weighted by atomic mass is 9.86. The minimum absolute atomic E-state index is 0. The Morgan fingerprint density at radius 1 is 0.404 bits per heavy atom. The molecule has 0 spiro atoms. The molecule has 0 aliphatic carbocycles. The van der Waals surface area contributed by atoms with Gasteiger partial charge in [0.05, 0.1) is 6.04 Å². The van der Waals surface area contributed by atoms with Gasteiger partial charge in [-0.25, -0.2) is 0 Å². The molecule has 0 amide bonds. The van der Waals surface area contributed by atoms with Gasteiger partial charge < -0.3 is 5.73 Å². The molecular formula is C45H84ClN. The predicted octanol–water partition coefficient (Wildman–Crippen LogP) is 16.3. The van der Waals surface area contributed by atoms with Crippen LogP contribution in [0.2, 0.25) is 0 Å². The molecular weight excluding hydrogens is 590 g/mol.